The van der Waals surface area contributed by atoms with Gasteiger partial charge in [-0.15, -0.1) is 0 Å². The molecule has 0 aliphatic heterocycles. The predicted molar refractivity (Wildman–Crippen MR) is 66.9 cm³/mol. The van der Waals surface area contributed by atoms with Crippen molar-refractivity contribution in [2.75, 3.05) is 0 Å². The van der Waals surface area contributed by atoms with E-state index in [4.69, 9.17) is 0 Å². The fourth-order valence-electron chi connectivity index (χ4n) is 2.98. The van der Waals surface area contributed by atoms with Crippen molar-refractivity contribution in [3.05, 3.63) is 23.3 Å². The summed E-state index contributed by atoms with van der Waals surface area (Å²) in [5.74, 6) is 0.896. The van der Waals surface area contributed by atoms with Crippen LogP contribution < -0.4 is 0 Å². The SMILES string of the molecule is CC1=CC=C2CCCCCCCCC2C1. The molecule has 2 aliphatic carbocycles. The molecule has 1 unspecified atom stereocenters. The molecule has 1 saturated carbocycles. The number of allylic oxidation sites excluding steroid dienone is 4. The summed E-state index contributed by atoms with van der Waals surface area (Å²) in [5.41, 5.74) is 3.34. The molecule has 15 heavy (non-hydrogen) atoms. The molecule has 0 spiro atoms. The molecule has 0 nitrogen and oxygen atoms in total. The number of hydrogen-bond donors (Lipinski definition) is 0. The Balaban J connectivity index is 2.00. The second-order valence-corrected chi connectivity index (χ2v) is 5.32. The van der Waals surface area contributed by atoms with E-state index in [9.17, 15) is 0 Å². The van der Waals surface area contributed by atoms with Gasteiger partial charge in [0.15, 0.2) is 0 Å². The maximum atomic E-state index is 2.42. The van der Waals surface area contributed by atoms with Crippen LogP contribution in [-0.4, -0.2) is 0 Å². The average Bonchev–Trinajstić information content (AvgIpc) is 2.25. The number of fused-ring (bicyclic) bond motifs is 1. The topological polar surface area (TPSA) is 0 Å². The van der Waals surface area contributed by atoms with Gasteiger partial charge in [0.2, 0.25) is 0 Å². The van der Waals surface area contributed by atoms with Crippen LogP contribution in [0.25, 0.3) is 0 Å². The Bertz CT molecular complexity index is 257. The number of rotatable bonds is 0. The van der Waals surface area contributed by atoms with Crippen LogP contribution in [0.3, 0.4) is 0 Å². The minimum atomic E-state index is 0.896. The summed E-state index contributed by atoms with van der Waals surface area (Å²) in [7, 11) is 0. The van der Waals surface area contributed by atoms with Crippen LogP contribution in [0.4, 0.5) is 0 Å². The lowest BCUT2D eigenvalue weighted by molar-refractivity contribution is 0.458. The third kappa shape index (κ3) is 3.22. The first-order valence-electron chi connectivity index (χ1n) is 6.72. The van der Waals surface area contributed by atoms with Crippen LogP contribution >= 0.6 is 0 Å². The van der Waals surface area contributed by atoms with Gasteiger partial charge in [-0.2, -0.15) is 0 Å². The predicted octanol–water partition coefficient (Wildman–Crippen LogP) is 5.01. The van der Waals surface area contributed by atoms with E-state index in [0.29, 0.717) is 0 Å². The van der Waals surface area contributed by atoms with E-state index >= 15 is 0 Å². The highest BCUT2D eigenvalue weighted by molar-refractivity contribution is 5.25. The molecule has 0 saturated heterocycles. The molecule has 0 radical (unpaired) electrons. The fraction of sp³-hybridized carbons (Fsp3) is 0.733. The van der Waals surface area contributed by atoms with Gasteiger partial charge in [-0.3, -0.25) is 0 Å². The van der Waals surface area contributed by atoms with Crippen molar-refractivity contribution in [3.63, 3.8) is 0 Å². The Morgan fingerprint density at radius 2 is 1.67 bits per heavy atom. The van der Waals surface area contributed by atoms with Crippen LogP contribution in [-0.2, 0) is 0 Å². The van der Waals surface area contributed by atoms with Gasteiger partial charge < -0.3 is 0 Å². The standard InChI is InChI=1S/C15H24/c1-13-10-11-14-8-6-4-2-3-5-7-9-15(14)12-13/h10-11,15H,2-9,12H2,1H3. The first-order valence-corrected chi connectivity index (χ1v) is 6.72. The molecule has 0 amide bonds. The zero-order valence-electron chi connectivity index (χ0n) is 10.1. The second-order valence-electron chi connectivity index (χ2n) is 5.32. The van der Waals surface area contributed by atoms with Gasteiger partial charge in [0, 0.05) is 0 Å². The quantitative estimate of drug-likeness (QED) is 0.520. The lowest BCUT2D eigenvalue weighted by atomic mass is 9.81. The smallest absolute Gasteiger partial charge is 0.0163 e. The molecular weight excluding hydrogens is 180 g/mol. The molecule has 2 aliphatic rings. The van der Waals surface area contributed by atoms with Gasteiger partial charge in [0.05, 0.1) is 0 Å². The summed E-state index contributed by atoms with van der Waals surface area (Å²) in [6.45, 7) is 2.28. The summed E-state index contributed by atoms with van der Waals surface area (Å²) in [4.78, 5) is 0. The van der Waals surface area contributed by atoms with Gasteiger partial charge in [-0.25, -0.2) is 0 Å². The fourth-order valence-corrected chi connectivity index (χ4v) is 2.98. The molecule has 2 rings (SSSR count). The minimum absolute atomic E-state index is 0.896. The van der Waals surface area contributed by atoms with E-state index in [1.807, 2.05) is 0 Å². The highest BCUT2D eigenvalue weighted by Gasteiger charge is 2.17. The summed E-state index contributed by atoms with van der Waals surface area (Å²) in [6.07, 6.45) is 17.7. The van der Waals surface area contributed by atoms with Crippen LogP contribution in [0.15, 0.2) is 23.3 Å². The van der Waals surface area contributed by atoms with Crippen molar-refractivity contribution in [1.82, 2.24) is 0 Å². The van der Waals surface area contributed by atoms with Crippen molar-refractivity contribution in [1.29, 1.82) is 0 Å². The third-order valence-corrected chi connectivity index (χ3v) is 3.94. The first kappa shape index (κ1) is 11.0. The van der Waals surface area contributed by atoms with E-state index < -0.39 is 0 Å². The Labute approximate surface area is 94.5 Å². The Morgan fingerprint density at radius 1 is 0.933 bits per heavy atom. The molecule has 1 fully saturated rings. The molecule has 0 heterocycles. The molecule has 0 bridgehead atoms. The molecule has 84 valence electrons. The lowest BCUT2D eigenvalue weighted by Crippen LogP contribution is -2.09. The minimum Gasteiger partial charge on any atom is -0.0727 e. The molecular formula is C15H24. The van der Waals surface area contributed by atoms with E-state index in [-0.39, 0.29) is 0 Å². The van der Waals surface area contributed by atoms with Crippen molar-refractivity contribution in [2.45, 2.75) is 64.7 Å². The van der Waals surface area contributed by atoms with Gasteiger partial charge in [-0.1, -0.05) is 55.4 Å². The molecule has 0 aromatic carbocycles. The maximum Gasteiger partial charge on any atom is -0.0163 e. The van der Waals surface area contributed by atoms with E-state index in [1.165, 1.54) is 57.8 Å². The van der Waals surface area contributed by atoms with Crippen LogP contribution in [0.1, 0.15) is 64.7 Å². The van der Waals surface area contributed by atoms with E-state index in [1.54, 1.807) is 11.1 Å². The van der Waals surface area contributed by atoms with Crippen LogP contribution in [0, 0.1) is 5.92 Å². The lowest BCUT2D eigenvalue weighted by Gasteiger charge is -2.25. The van der Waals surface area contributed by atoms with E-state index in [2.05, 4.69) is 19.1 Å². The molecule has 0 heteroatoms. The Hall–Kier alpha value is -0.520. The van der Waals surface area contributed by atoms with Crippen molar-refractivity contribution < 1.29 is 0 Å². The normalized spacial score (nSPS) is 28.7. The molecule has 0 aromatic heterocycles. The van der Waals surface area contributed by atoms with E-state index in [0.717, 1.165) is 5.92 Å². The molecule has 0 N–H and O–H groups in total. The summed E-state index contributed by atoms with van der Waals surface area (Å²) < 4.78 is 0. The molecule has 1 atom stereocenters. The number of hydrogen-bond acceptors (Lipinski definition) is 0. The highest BCUT2D eigenvalue weighted by atomic mass is 14.2. The van der Waals surface area contributed by atoms with Gasteiger partial charge >= 0.3 is 0 Å². The Morgan fingerprint density at radius 3 is 2.53 bits per heavy atom. The monoisotopic (exact) mass is 204 g/mol. The van der Waals surface area contributed by atoms with Gasteiger partial charge in [0.1, 0.15) is 0 Å². The largest absolute Gasteiger partial charge is 0.0727 e. The maximum absolute atomic E-state index is 2.42. The second kappa shape index (κ2) is 5.53. The van der Waals surface area contributed by atoms with Gasteiger partial charge in [-0.05, 0) is 38.5 Å². The Kier molecular flexibility index (Phi) is 4.05. The van der Waals surface area contributed by atoms with Gasteiger partial charge in [0.25, 0.3) is 0 Å². The average molecular weight is 204 g/mol. The van der Waals surface area contributed by atoms with Crippen molar-refractivity contribution in [3.8, 4) is 0 Å². The third-order valence-electron chi connectivity index (χ3n) is 3.94. The van der Waals surface area contributed by atoms with Crippen LogP contribution in [0.5, 0.6) is 0 Å². The first-order chi connectivity index (χ1) is 7.36. The molecule has 0 aromatic rings. The zero-order valence-corrected chi connectivity index (χ0v) is 10.1. The zero-order chi connectivity index (χ0) is 10.5. The summed E-state index contributed by atoms with van der Waals surface area (Å²) in [6, 6.07) is 0. The van der Waals surface area contributed by atoms with Crippen LogP contribution in [0.2, 0.25) is 0 Å². The summed E-state index contributed by atoms with van der Waals surface area (Å²) >= 11 is 0. The van der Waals surface area contributed by atoms with Crippen molar-refractivity contribution in [2.24, 2.45) is 5.92 Å². The highest BCUT2D eigenvalue weighted by Crippen LogP contribution is 2.33. The van der Waals surface area contributed by atoms with Crippen molar-refractivity contribution >= 4 is 0 Å². The summed E-state index contributed by atoms with van der Waals surface area (Å²) in [5, 5.41) is 0.